The SMILES string of the molecule is COC(=O)c1ccc([N+](=O)[O-])c(SCC(O)CO)n1. The van der Waals surface area contributed by atoms with Gasteiger partial charge in [-0.1, -0.05) is 11.8 Å². The second-order valence-corrected chi connectivity index (χ2v) is 4.43. The number of methoxy groups -OCH3 is 1. The minimum atomic E-state index is -1.02. The van der Waals surface area contributed by atoms with Crippen molar-refractivity contribution < 1.29 is 24.7 Å². The fourth-order valence-electron chi connectivity index (χ4n) is 1.12. The van der Waals surface area contributed by atoms with Gasteiger partial charge in [0.25, 0.3) is 0 Å². The van der Waals surface area contributed by atoms with Crippen LogP contribution in [0.15, 0.2) is 17.2 Å². The number of pyridine rings is 1. The predicted molar refractivity (Wildman–Crippen MR) is 66.0 cm³/mol. The number of hydrogen-bond acceptors (Lipinski definition) is 8. The summed E-state index contributed by atoms with van der Waals surface area (Å²) in [4.78, 5) is 25.3. The summed E-state index contributed by atoms with van der Waals surface area (Å²) in [6, 6.07) is 2.34. The van der Waals surface area contributed by atoms with Crippen molar-refractivity contribution in [2.24, 2.45) is 0 Å². The van der Waals surface area contributed by atoms with Crippen molar-refractivity contribution in [1.82, 2.24) is 4.98 Å². The van der Waals surface area contributed by atoms with E-state index in [1.54, 1.807) is 0 Å². The largest absolute Gasteiger partial charge is 0.464 e. The molecule has 1 aromatic rings. The van der Waals surface area contributed by atoms with Gasteiger partial charge in [0.2, 0.25) is 0 Å². The highest BCUT2D eigenvalue weighted by Gasteiger charge is 2.20. The summed E-state index contributed by atoms with van der Waals surface area (Å²) in [5, 5.41) is 28.7. The van der Waals surface area contributed by atoms with Gasteiger partial charge in [0.1, 0.15) is 5.69 Å². The average Bonchev–Trinajstić information content (AvgIpc) is 2.43. The first-order valence-electron chi connectivity index (χ1n) is 5.15. The van der Waals surface area contributed by atoms with Crippen molar-refractivity contribution in [2.75, 3.05) is 19.5 Å². The molecule has 1 heterocycles. The van der Waals surface area contributed by atoms with Gasteiger partial charge in [-0.25, -0.2) is 9.78 Å². The number of aromatic nitrogens is 1. The third kappa shape index (κ3) is 4.16. The fourth-order valence-corrected chi connectivity index (χ4v) is 2.03. The molecule has 0 aromatic carbocycles. The average molecular weight is 288 g/mol. The zero-order valence-electron chi connectivity index (χ0n) is 9.98. The number of rotatable bonds is 6. The molecule has 0 fully saturated rings. The lowest BCUT2D eigenvalue weighted by molar-refractivity contribution is -0.388. The Bertz CT molecular complexity index is 481. The second kappa shape index (κ2) is 7.02. The zero-order chi connectivity index (χ0) is 14.4. The van der Waals surface area contributed by atoms with Crippen molar-refractivity contribution in [3.63, 3.8) is 0 Å². The molecule has 0 bridgehead atoms. The molecule has 1 atom stereocenters. The smallest absolute Gasteiger partial charge is 0.356 e. The molecule has 1 rings (SSSR count). The molecule has 19 heavy (non-hydrogen) atoms. The number of ether oxygens (including phenoxy) is 1. The topological polar surface area (TPSA) is 123 Å². The van der Waals surface area contributed by atoms with Gasteiger partial charge in [-0.2, -0.15) is 0 Å². The van der Waals surface area contributed by atoms with E-state index in [0.717, 1.165) is 17.8 Å². The molecule has 104 valence electrons. The first kappa shape index (κ1) is 15.3. The lowest BCUT2D eigenvalue weighted by Gasteiger charge is -2.07. The van der Waals surface area contributed by atoms with E-state index < -0.39 is 23.6 Å². The Labute approximate surface area is 112 Å². The summed E-state index contributed by atoms with van der Waals surface area (Å²) in [5.41, 5.74) is -0.336. The number of nitrogens with zero attached hydrogens (tertiary/aromatic N) is 2. The molecule has 1 unspecified atom stereocenters. The molecule has 0 aliphatic rings. The van der Waals surface area contributed by atoms with Crippen LogP contribution in [0.1, 0.15) is 10.5 Å². The summed E-state index contributed by atoms with van der Waals surface area (Å²) in [6.45, 7) is -0.461. The van der Waals surface area contributed by atoms with Crippen LogP contribution in [0.5, 0.6) is 0 Å². The number of aliphatic hydroxyl groups is 2. The molecule has 0 amide bonds. The van der Waals surface area contributed by atoms with Crippen LogP contribution in [0.2, 0.25) is 0 Å². The van der Waals surface area contributed by atoms with Gasteiger partial charge >= 0.3 is 11.7 Å². The van der Waals surface area contributed by atoms with Gasteiger partial charge < -0.3 is 14.9 Å². The van der Waals surface area contributed by atoms with Crippen LogP contribution in [0.25, 0.3) is 0 Å². The molecular weight excluding hydrogens is 276 g/mol. The van der Waals surface area contributed by atoms with Crippen LogP contribution in [-0.2, 0) is 4.74 Å². The minimum absolute atomic E-state index is 0.0135. The zero-order valence-corrected chi connectivity index (χ0v) is 10.8. The van der Waals surface area contributed by atoms with Crippen molar-refractivity contribution >= 4 is 23.4 Å². The number of thioether (sulfide) groups is 1. The number of hydrogen-bond donors (Lipinski definition) is 2. The summed E-state index contributed by atoms with van der Waals surface area (Å²) >= 11 is 0.880. The molecule has 8 nitrogen and oxygen atoms in total. The number of nitro groups is 1. The summed E-state index contributed by atoms with van der Waals surface area (Å²) in [5.74, 6) is -0.686. The first-order chi connectivity index (χ1) is 8.99. The lowest BCUT2D eigenvalue weighted by atomic mass is 10.3. The van der Waals surface area contributed by atoms with E-state index in [1.807, 2.05) is 0 Å². The highest BCUT2D eigenvalue weighted by atomic mass is 32.2. The Hall–Kier alpha value is -1.71. The van der Waals surface area contributed by atoms with E-state index in [4.69, 9.17) is 5.11 Å². The molecular formula is C10H12N2O6S. The highest BCUT2D eigenvalue weighted by Crippen LogP contribution is 2.27. The van der Waals surface area contributed by atoms with Gasteiger partial charge in [-0.3, -0.25) is 10.1 Å². The van der Waals surface area contributed by atoms with Crippen molar-refractivity contribution in [2.45, 2.75) is 11.1 Å². The van der Waals surface area contributed by atoms with E-state index in [9.17, 15) is 20.0 Å². The molecule has 0 radical (unpaired) electrons. The van der Waals surface area contributed by atoms with Crippen LogP contribution in [0.4, 0.5) is 5.69 Å². The van der Waals surface area contributed by atoms with E-state index in [1.165, 1.54) is 13.2 Å². The maximum Gasteiger partial charge on any atom is 0.356 e. The van der Waals surface area contributed by atoms with Gasteiger partial charge in [0, 0.05) is 11.8 Å². The van der Waals surface area contributed by atoms with Crippen LogP contribution >= 0.6 is 11.8 Å². The number of carbonyl (C=O) groups is 1. The first-order valence-corrected chi connectivity index (χ1v) is 6.13. The van der Waals surface area contributed by atoms with E-state index in [2.05, 4.69) is 9.72 Å². The minimum Gasteiger partial charge on any atom is -0.464 e. The molecule has 0 saturated heterocycles. The van der Waals surface area contributed by atoms with Gasteiger partial charge in [-0.15, -0.1) is 0 Å². The molecule has 2 N–H and O–H groups in total. The maximum absolute atomic E-state index is 11.3. The molecule has 1 aromatic heterocycles. The molecule has 0 spiro atoms. The monoisotopic (exact) mass is 288 g/mol. The highest BCUT2D eigenvalue weighted by molar-refractivity contribution is 7.99. The van der Waals surface area contributed by atoms with Crippen LogP contribution in [0, 0.1) is 10.1 Å². The third-order valence-electron chi connectivity index (χ3n) is 2.05. The van der Waals surface area contributed by atoms with Crippen molar-refractivity contribution in [1.29, 1.82) is 0 Å². The fraction of sp³-hybridized carbons (Fsp3) is 0.400. The van der Waals surface area contributed by atoms with Gasteiger partial charge in [0.15, 0.2) is 5.03 Å². The predicted octanol–water partition coefficient (Wildman–Crippen LogP) is 0.222. The lowest BCUT2D eigenvalue weighted by Crippen LogP contribution is -2.15. The normalized spacial score (nSPS) is 11.9. The Morgan fingerprint density at radius 2 is 2.32 bits per heavy atom. The molecule has 0 aliphatic heterocycles. The second-order valence-electron chi connectivity index (χ2n) is 3.42. The Balaban J connectivity index is 3.01. The quantitative estimate of drug-likeness (QED) is 0.330. The third-order valence-corrected chi connectivity index (χ3v) is 3.18. The number of esters is 1. The van der Waals surface area contributed by atoms with Crippen LogP contribution in [-0.4, -0.2) is 51.7 Å². The summed E-state index contributed by atoms with van der Waals surface area (Å²) in [7, 11) is 1.17. The van der Waals surface area contributed by atoms with E-state index in [0.29, 0.717) is 0 Å². The van der Waals surface area contributed by atoms with E-state index >= 15 is 0 Å². The Morgan fingerprint density at radius 3 is 2.84 bits per heavy atom. The van der Waals surface area contributed by atoms with Crippen molar-refractivity contribution in [3.05, 3.63) is 27.9 Å². The van der Waals surface area contributed by atoms with Crippen molar-refractivity contribution in [3.8, 4) is 0 Å². The van der Waals surface area contributed by atoms with E-state index in [-0.39, 0.29) is 22.2 Å². The maximum atomic E-state index is 11.3. The summed E-state index contributed by atoms with van der Waals surface area (Å²) in [6.07, 6.45) is -1.02. The van der Waals surface area contributed by atoms with Crippen LogP contribution < -0.4 is 0 Å². The Kier molecular flexibility index (Phi) is 5.67. The molecule has 9 heteroatoms. The number of aliphatic hydroxyl groups excluding tert-OH is 2. The Morgan fingerprint density at radius 1 is 1.63 bits per heavy atom. The molecule has 0 saturated carbocycles. The van der Waals surface area contributed by atoms with Crippen LogP contribution in [0.3, 0.4) is 0 Å². The molecule has 0 aliphatic carbocycles. The van der Waals surface area contributed by atoms with Gasteiger partial charge in [0.05, 0.1) is 24.7 Å². The standard InChI is InChI=1S/C10H12N2O6S/c1-18-10(15)7-2-3-8(12(16)17)9(11-7)19-5-6(14)4-13/h2-3,6,13-14H,4-5H2,1H3. The summed E-state index contributed by atoms with van der Waals surface area (Å²) < 4.78 is 4.47. The van der Waals surface area contributed by atoms with Gasteiger partial charge in [-0.05, 0) is 6.07 Å². The number of carbonyl (C=O) groups excluding carboxylic acids is 1.